The lowest BCUT2D eigenvalue weighted by Crippen LogP contribution is -2.53. The zero-order chi connectivity index (χ0) is 16.8. The van der Waals surface area contributed by atoms with Gasteiger partial charge in [0.05, 0.1) is 18.7 Å². The van der Waals surface area contributed by atoms with Gasteiger partial charge in [0.25, 0.3) is 0 Å². The first kappa shape index (κ1) is 17.3. The summed E-state index contributed by atoms with van der Waals surface area (Å²) < 4.78 is 5.04. The van der Waals surface area contributed by atoms with Crippen LogP contribution >= 0.6 is 0 Å². The van der Waals surface area contributed by atoms with Crippen molar-refractivity contribution in [1.82, 2.24) is 20.4 Å². The van der Waals surface area contributed by atoms with Gasteiger partial charge in [0.1, 0.15) is 0 Å². The topological polar surface area (TPSA) is 91.0 Å². The van der Waals surface area contributed by atoms with Crippen LogP contribution in [0.4, 0.5) is 4.79 Å². The van der Waals surface area contributed by atoms with Crippen LogP contribution in [0.2, 0.25) is 0 Å². The number of likely N-dealkylation sites (tertiary alicyclic amines) is 1. The van der Waals surface area contributed by atoms with Crippen LogP contribution in [0.3, 0.4) is 0 Å². The maximum atomic E-state index is 12.2. The highest BCUT2D eigenvalue weighted by Gasteiger charge is 2.42. The molecule has 23 heavy (non-hydrogen) atoms. The summed E-state index contributed by atoms with van der Waals surface area (Å²) in [5, 5.41) is 5.53. The molecule has 8 nitrogen and oxygen atoms in total. The molecule has 128 valence electrons. The average molecular weight is 324 g/mol. The molecular weight excluding hydrogens is 300 g/mol. The first-order chi connectivity index (χ1) is 11.1. The van der Waals surface area contributed by atoms with Gasteiger partial charge in [-0.2, -0.15) is 0 Å². The van der Waals surface area contributed by atoms with E-state index in [1.807, 2.05) is 0 Å². The second-order valence-electron chi connectivity index (χ2n) is 5.68. The molecule has 0 aromatic rings. The molecule has 2 rings (SSSR count). The fourth-order valence-corrected chi connectivity index (χ4v) is 3.05. The number of ether oxygens (including phenoxy) is 1. The van der Waals surface area contributed by atoms with Crippen LogP contribution in [0.25, 0.3) is 0 Å². The van der Waals surface area contributed by atoms with Crippen LogP contribution < -0.4 is 10.6 Å². The van der Waals surface area contributed by atoms with E-state index in [1.54, 1.807) is 16.9 Å². The zero-order valence-electron chi connectivity index (χ0n) is 13.4. The van der Waals surface area contributed by atoms with Crippen molar-refractivity contribution in [3.8, 4) is 0 Å². The molecule has 0 spiro atoms. The van der Waals surface area contributed by atoms with Gasteiger partial charge >= 0.3 is 6.03 Å². The molecule has 0 aromatic heterocycles. The van der Waals surface area contributed by atoms with Crippen LogP contribution in [0.1, 0.15) is 12.8 Å². The molecule has 0 aromatic carbocycles. The fraction of sp³-hybridized carbons (Fsp3) is 0.667. The Morgan fingerprint density at radius 1 is 1.52 bits per heavy atom. The highest BCUT2D eigenvalue weighted by atomic mass is 16.5. The summed E-state index contributed by atoms with van der Waals surface area (Å²) in [5.41, 5.74) is 0. The monoisotopic (exact) mass is 324 g/mol. The SMILES string of the molecule is C=CC(=O)NCCC(=O)N1CC[C@H]2[C@@H](C1)NC(=O)N2CCOC. The number of nitrogens with zero attached hydrogens (tertiary/aromatic N) is 2. The molecule has 0 aliphatic carbocycles. The molecule has 2 atom stereocenters. The number of carbonyl (C=O) groups is 3. The molecule has 0 bridgehead atoms. The Morgan fingerprint density at radius 2 is 2.30 bits per heavy atom. The van der Waals surface area contributed by atoms with Gasteiger partial charge in [0, 0.05) is 39.7 Å². The summed E-state index contributed by atoms with van der Waals surface area (Å²) in [6, 6.07) is -0.0217. The van der Waals surface area contributed by atoms with Crippen molar-refractivity contribution >= 4 is 17.8 Å². The molecule has 0 radical (unpaired) electrons. The van der Waals surface area contributed by atoms with E-state index in [1.165, 1.54) is 6.08 Å². The Bertz CT molecular complexity index is 482. The average Bonchev–Trinajstić information content (AvgIpc) is 2.86. The van der Waals surface area contributed by atoms with E-state index < -0.39 is 0 Å². The van der Waals surface area contributed by atoms with Crippen molar-refractivity contribution in [2.45, 2.75) is 24.9 Å². The van der Waals surface area contributed by atoms with Gasteiger partial charge in [-0.25, -0.2) is 4.79 Å². The van der Waals surface area contributed by atoms with Crippen LogP contribution in [0.15, 0.2) is 12.7 Å². The van der Waals surface area contributed by atoms with Gasteiger partial charge in [-0.05, 0) is 12.5 Å². The number of rotatable bonds is 7. The number of fused-ring (bicyclic) bond motifs is 1. The number of carbonyl (C=O) groups excluding carboxylic acids is 3. The van der Waals surface area contributed by atoms with Crippen molar-refractivity contribution in [2.75, 3.05) is 39.9 Å². The molecule has 0 unspecified atom stereocenters. The summed E-state index contributed by atoms with van der Waals surface area (Å²) in [5.74, 6) is -0.300. The van der Waals surface area contributed by atoms with E-state index in [0.29, 0.717) is 32.8 Å². The second-order valence-corrected chi connectivity index (χ2v) is 5.68. The van der Waals surface area contributed by atoms with Crippen LogP contribution in [0, 0.1) is 0 Å². The van der Waals surface area contributed by atoms with Crippen molar-refractivity contribution in [1.29, 1.82) is 0 Å². The van der Waals surface area contributed by atoms with Crippen molar-refractivity contribution in [2.24, 2.45) is 0 Å². The lowest BCUT2D eigenvalue weighted by molar-refractivity contribution is -0.132. The Kier molecular flexibility index (Phi) is 5.97. The smallest absolute Gasteiger partial charge is 0.318 e. The summed E-state index contributed by atoms with van der Waals surface area (Å²) in [7, 11) is 1.61. The highest BCUT2D eigenvalue weighted by Crippen LogP contribution is 2.23. The van der Waals surface area contributed by atoms with Crippen molar-refractivity contribution in [3.05, 3.63) is 12.7 Å². The minimum atomic E-state index is -0.284. The number of hydrogen-bond donors (Lipinski definition) is 2. The lowest BCUT2D eigenvalue weighted by atomic mass is 9.99. The summed E-state index contributed by atoms with van der Waals surface area (Å²) >= 11 is 0. The Morgan fingerprint density at radius 3 is 3.00 bits per heavy atom. The normalized spacial score (nSPS) is 23.3. The van der Waals surface area contributed by atoms with Crippen LogP contribution in [-0.2, 0) is 14.3 Å². The van der Waals surface area contributed by atoms with Crippen molar-refractivity contribution in [3.63, 3.8) is 0 Å². The van der Waals surface area contributed by atoms with E-state index in [-0.39, 0.29) is 36.3 Å². The molecule has 2 fully saturated rings. The number of amides is 4. The Labute approximate surface area is 135 Å². The largest absolute Gasteiger partial charge is 0.383 e. The second kappa shape index (κ2) is 7.96. The quantitative estimate of drug-likeness (QED) is 0.607. The fourth-order valence-electron chi connectivity index (χ4n) is 3.05. The minimum Gasteiger partial charge on any atom is -0.383 e. The van der Waals surface area contributed by atoms with Gasteiger partial charge in [0.15, 0.2) is 0 Å². The van der Waals surface area contributed by atoms with E-state index in [0.717, 1.165) is 6.42 Å². The van der Waals surface area contributed by atoms with Crippen LogP contribution in [-0.4, -0.2) is 79.6 Å². The molecule has 2 saturated heterocycles. The van der Waals surface area contributed by atoms with E-state index in [2.05, 4.69) is 17.2 Å². The Balaban J connectivity index is 1.81. The standard InChI is InChI=1S/C15H24N4O4/c1-3-13(20)16-6-4-14(21)18-7-5-12-11(10-18)17-15(22)19(12)8-9-23-2/h3,11-12H,1,4-10H2,2H3,(H,16,20)(H,17,22)/t11-,12+/m1/s1. The maximum absolute atomic E-state index is 12.2. The molecule has 2 aliphatic heterocycles. The van der Waals surface area contributed by atoms with Crippen molar-refractivity contribution < 1.29 is 19.1 Å². The number of piperidine rings is 1. The predicted octanol–water partition coefficient (Wildman–Crippen LogP) is -0.680. The van der Waals surface area contributed by atoms with Gasteiger partial charge in [-0.15, -0.1) is 0 Å². The summed E-state index contributed by atoms with van der Waals surface area (Å²) in [6.45, 7) is 5.84. The molecule has 4 amide bonds. The first-order valence-electron chi connectivity index (χ1n) is 7.81. The Hall–Kier alpha value is -2.09. The molecule has 2 aliphatic rings. The lowest BCUT2D eigenvalue weighted by Gasteiger charge is -2.36. The van der Waals surface area contributed by atoms with E-state index in [9.17, 15) is 14.4 Å². The summed E-state index contributed by atoms with van der Waals surface area (Å²) in [4.78, 5) is 38.8. The maximum Gasteiger partial charge on any atom is 0.318 e. The zero-order valence-corrected chi connectivity index (χ0v) is 13.4. The molecule has 0 saturated carbocycles. The van der Waals surface area contributed by atoms with Gasteiger partial charge in [0.2, 0.25) is 11.8 Å². The van der Waals surface area contributed by atoms with E-state index >= 15 is 0 Å². The predicted molar refractivity (Wildman–Crippen MR) is 83.7 cm³/mol. The molecule has 8 heteroatoms. The van der Waals surface area contributed by atoms with E-state index in [4.69, 9.17) is 4.74 Å². The third kappa shape index (κ3) is 4.22. The highest BCUT2D eigenvalue weighted by molar-refractivity contribution is 5.87. The minimum absolute atomic E-state index is 0.0163. The number of methoxy groups -OCH3 is 1. The summed E-state index contributed by atoms with van der Waals surface area (Å²) in [6.07, 6.45) is 2.18. The molecule has 2 N–H and O–H groups in total. The molecular formula is C15H24N4O4. The van der Waals surface area contributed by atoms with Gasteiger partial charge in [-0.1, -0.05) is 6.58 Å². The molecule has 2 heterocycles. The number of nitrogens with one attached hydrogen (secondary N) is 2. The number of hydrogen-bond acceptors (Lipinski definition) is 4. The van der Waals surface area contributed by atoms with Crippen LogP contribution in [0.5, 0.6) is 0 Å². The first-order valence-corrected chi connectivity index (χ1v) is 7.81. The third-order valence-corrected chi connectivity index (χ3v) is 4.26. The number of urea groups is 1. The van der Waals surface area contributed by atoms with Gasteiger partial charge in [-0.3, -0.25) is 9.59 Å². The van der Waals surface area contributed by atoms with Gasteiger partial charge < -0.3 is 25.2 Å². The third-order valence-electron chi connectivity index (χ3n) is 4.26.